The van der Waals surface area contributed by atoms with E-state index in [4.69, 9.17) is 9.84 Å². The van der Waals surface area contributed by atoms with Gasteiger partial charge in [0.2, 0.25) is 5.91 Å². The van der Waals surface area contributed by atoms with Crippen molar-refractivity contribution >= 4 is 18.0 Å². The number of carbonyl (C=O) groups excluding carboxylic acids is 2. The quantitative estimate of drug-likeness (QED) is 0.667. The average molecular weight is 260 g/mol. The van der Waals surface area contributed by atoms with Gasteiger partial charge in [-0.3, -0.25) is 4.79 Å². The Hall–Kier alpha value is -1.79. The van der Waals surface area contributed by atoms with Gasteiger partial charge in [0.1, 0.15) is 11.6 Å². The summed E-state index contributed by atoms with van der Waals surface area (Å²) in [7, 11) is 0. The van der Waals surface area contributed by atoms with Crippen molar-refractivity contribution in [2.75, 3.05) is 6.54 Å². The van der Waals surface area contributed by atoms with Gasteiger partial charge in [-0.15, -0.1) is 0 Å². The molecule has 0 aliphatic heterocycles. The molecule has 0 aromatic heterocycles. The fourth-order valence-electron chi connectivity index (χ4n) is 1.10. The molecule has 7 nitrogen and oxygen atoms in total. The fraction of sp³-hybridized carbons (Fsp3) is 0.727. The predicted molar refractivity (Wildman–Crippen MR) is 64.1 cm³/mol. The highest BCUT2D eigenvalue weighted by molar-refractivity contribution is 5.80. The van der Waals surface area contributed by atoms with E-state index >= 15 is 0 Å². The van der Waals surface area contributed by atoms with Gasteiger partial charge in [-0.1, -0.05) is 0 Å². The van der Waals surface area contributed by atoms with Crippen LogP contribution < -0.4 is 10.6 Å². The van der Waals surface area contributed by atoms with Crippen LogP contribution in [0.3, 0.4) is 0 Å². The van der Waals surface area contributed by atoms with E-state index < -0.39 is 23.7 Å². The summed E-state index contributed by atoms with van der Waals surface area (Å²) in [4.78, 5) is 32.9. The van der Waals surface area contributed by atoms with Crippen molar-refractivity contribution in [3.8, 4) is 0 Å². The zero-order valence-corrected chi connectivity index (χ0v) is 11.1. The van der Waals surface area contributed by atoms with Gasteiger partial charge in [0, 0.05) is 13.5 Å². The molecule has 0 rings (SSSR count). The SMILES string of the molecule is CC(=O)NCC[C@H](NC(=O)OC(C)(C)C)C(=O)O. The Morgan fingerprint density at radius 2 is 1.83 bits per heavy atom. The molecule has 2 amide bonds. The molecule has 104 valence electrons. The Bertz CT molecular complexity index is 322. The number of aliphatic carboxylic acids is 1. The summed E-state index contributed by atoms with van der Waals surface area (Å²) in [5, 5.41) is 13.6. The second-order valence-corrected chi connectivity index (χ2v) is 4.81. The van der Waals surface area contributed by atoms with Crippen LogP contribution in [0.2, 0.25) is 0 Å². The monoisotopic (exact) mass is 260 g/mol. The fourth-order valence-corrected chi connectivity index (χ4v) is 1.10. The molecule has 1 atom stereocenters. The van der Waals surface area contributed by atoms with E-state index in [1.54, 1.807) is 20.8 Å². The molecule has 0 bridgehead atoms. The third-order valence-electron chi connectivity index (χ3n) is 1.80. The molecule has 0 aliphatic rings. The van der Waals surface area contributed by atoms with Gasteiger partial charge in [-0.05, 0) is 27.2 Å². The Morgan fingerprint density at radius 1 is 1.28 bits per heavy atom. The van der Waals surface area contributed by atoms with E-state index in [-0.39, 0.29) is 18.9 Å². The summed E-state index contributed by atoms with van der Waals surface area (Å²) >= 11 is 0. The first-order valence-electron chi connectivity index (χ1n) is 5.58. The zero-order chi connectivity index (χ0) is 14.3. The minimum Gasteiger partial charge on any atom is -0.480 e. The summed E-state index contributed by atoms with van der Waals surface area (Å²) in [5.41, 5.74) is -0.690. The van der Waals surface area contributed by atoms with E-state index in [0.29, 0.717) is 0 Å². The van der Waals surface area contributed by atoms with Crippen LogP contribution in [0.25, 0.3) is 0 Å². The number of nitrogens with one attached hydrogen (secondary N) is 2. The Balaban J connectivity index is 4.23. The molecule has 7 heteroatoms. The highest BCUT2D eigenvalue weighted by Crippen LogP contribution is 2.07. The number of ether oxygens (including phenoxy) is 1. The van der Waals surface area contributed by atoms with E-state index in [0.717, 1.165) is 0 Å². The van der Waals surface area contributed by atoms with E-state index in [1.807, 2.05) is 0 Å². The van der Waals surface area contributed by atoms with Crippen LogP contribution in [-0.2, 0) is 14.3 Å². The summed E-state index contributed by atoms with van der Waals surface area (Å²) in [6.45, 7) is 6.54. The van der Waals surface area contributed by atoms with E-state index in [1.165, 1.54) is 6.92 Å². The van der Waals surface area contributed by atoms with Gasteiger partial charge in [0.05, 0.1) is 0 Å². The number of hydrogen-bond acceptors (Lipinski definition) is 4. The molecule has 0 radical (unpaired) electrons. The van der Waals surface area contributed by atoms with Crippen LogP contribution >= 0.6 is 0 Å². The number of rotatable bonds is 5. The topological polar surface area (TPSA) is 105 Å². The van der Waals surface area contributed by atoms with Crippen LogP contribution in [0, 0.1) is 0 Å². The lowest BCUT2D eigenvalue weighted by atomic mass is 10.2. The highest BCUT2D eigenvalue weighted by Gasteiger charge is 2.23. The summed E-state index contributed by atoms with van der Waals surface area (Å²) in [6.07, 6.45) is -0.702. The highest BCUT2D eigenvalue weighted by atomic mass is 16.6. The standard InChI is InChI=1S/C11H20N2O5/c1-7(14)12-6-5-8(9(15)16)13-10(17)18-11(2,3)4/h8H,5-6H2,1-4H3,(H,12,14)(H,13,17)(H,15,16)/t8-/m0/s1. The third kappa shape index (κ3) is 8.37. The maximum Gasteiger partial charge on any atom is 0.408 e. The van der Waals surface area contributed by atoms with E-state index in [2.05, 4.69) is 10.6 Å². The number of carboxylic acids is 1. The molecule has 0 unspecified atom stereocenters. The van der Waals surface area contributed by atoms with Crippen molar-refractivity contribution in [1.82, 2.24) is 10.6 Å². The first-order chi connectivity index (χ1) is 8.11. The van der Waals surface area contributed by atoms with Crippen molar-refractivity contribution in [2.24, 2.45) is 0 Å². The Labute approximate surface area is 106 Å². The summed E-state index contributed by atoms with van der Waals surface area (Å²) in [5.74, 6) is -1.43. The van der Waals surface area contributed by atoms with Gasteiger partial charge in [0.15, 0.2) is 0 Å². The minimum absolute atomic E-state index is 0.0914. The molecule has 0 aliphatic carbocycles. The lowest BCUT2D eigenvalue weighted by molar-refractivity contribution is -0.139. The molecule has 0 heterocycles. The number of hydrogen-bond donors (Lipinski definition) is 3. The molecular weight excluding hydrogens is 240 g/mol. The third-order valence-corrected chi connectivity index (χ3v) is 1.80. The van der Waals surface area contributed by atoms with Gasteiger partial charge < -0.3 is 20.5 Å². The van der Waals surface area contributed by atoms with Gasteiger partial charge in [-0.2, -0.15) is 0 Å². The average Bonchev–Trinajstić information content (AvgIpc) is 2.12. The number of carbonyl (C=O) groups is 3. The lowest BCUT2D eigenvalue weighted by Crippen LogP contribution is -2.45. The van der Waals surface area contributed by atoms with Gasteiger partial charge >= 0.3 is 12.1 Å². The maximum atomic E-state index is 11.4. The Morgan fingerprint density at radius 3 is 2.22 bits per heavy atom. The van der Waals surface area contributed by atoms with Crippen molar-refractivity contribution < 1.29 is 24.2 Å². The molecule has 3 N–H and O–H groups in total. The van der Waals surface area contributed by atoms with Crippen molar-refractivity contribution in [2.45, 2.75) is 45.8 Å². The number of alkyl carbamates (subject to hydrolysis) is 1. The minimum atomic E-state index is -1.17. The lowest BCUT2D eigenvalue weighted by Gasteiger charge is -2.22. The predicted octanol–water partition coefficient (Wildman–Crippen LogP) is 0.491. The second kappa shape index (κ2) is 6.83. The smallest absolute Gasteiger partial charge is 0.408 e. The molecule has 18 heavy (non-hydrogen) atoms. The normalized spacial score (nSPS) is 12.4. The van der Waals surface area contributed by atoms with Crippen LogP contribution in [0.5, 0.6) is 0 Å². The zero-order valence-electron chi connectivity index (χ0n) is 11.1. The second-order valence-electron chi connectivity index (χ2n) is 4.81. The van der Waals surface area contributed by atoms with Crippen LogP contribution in [0.4, 0.5) is 4.79 Å². The maximum absolute atomic E-state index is 11.4. The molecular formula is C11H20N2O5. The summed E-state index contributed by atoms with van der Waals surface area (Å²) < 4.78 is 4.95. The first-order valence-corrected chi connectivity index (χ1v) is 5.58. The number of carboxylic acid groups (broad SMARTS) is 1. The molecule has 0 saturated carbocycles. The molecule has 0 aromatic rings. The van der Waals surface area contributed by atoms with Crippen molar-refractivity contribution in [3.05, 3.63) is 0 Å². The van der Waals surface area contributed by atoms with Crippen LogP contribution in [-0.4, -0.2) is 41.3 Å². The molecule has 0 aromatic carbocycles. The van der Waals surface area contributed by atoms with Gasteiger partial charge in [0.25, 0.3) is 0 Å². The first kappa shape index (κ1) is 16.2. The largest absolute Gasteiger partial charge is 0.480 e. The van der Waals surface area contributed by atoms with Crippen molar-refractivity contribution in [3.63, 3.8) is 0 Å². The summed E-state index contributed by atoms with van der Waals surface area (Å²) in [6, 6.07) is -1.09. The van der Waals surface area contributed by atoms with Gasteiger partial charge in [-0.25, -0.2) is 9.59 Å². The van der Waals surface area contributed by atoms with E-state index in [9.17, 15) is 14.4 Å². The molecule has 0 spiro atoms. The Kier molecular flexibility index (Phi) is 6.15. The van der Waals surface area contributed by atoms with Crippen LogP contribution in [0.1, 0.15) is 34.1 Å². The molecule has 0 fully saturated rings. The van der Waals surface area contributed by atoms with Crippen molar-refractivity contribution in [1.29, 1.82) is 0 Å². The molecule has 0 saturated heterocycles. The number of amides is 2. The van der Waals surface area contributed by atoms with Crippen LogP contribution in [0.15, 0.2) is 0 Å².